The number of carbonyl (C=O) groups is 1. The highest BCUT2D eigenvalue weighted by Crippen LogP contribution is 2.25. The highest BCUT2D eigenvalue weighted by molar-refractivity contribution is 6.30. The van der Waals surface area contributed by atoms with Gasteiger partial charge in [-0.15, -0.1) is 0 Å². The minimum Gasteiger partial charge on any atom is -0.377 e. The number of halogens is 1. The Morgan fingerprint density at radius 3 is 2.77 bits per heavy atom. The first kappa shape index (κ1) is 14.9. The maximum Gasteiger partial charge on any atom is 0.322 e. The van der Waals surface area contributed by atoms with Crippen LogP contribution in [0.3, 0.4) is 0 Å². The van der Waals surface area contributed by atoms with Gasteiger partial charge >= 0.3 is 6.03 Å². The molecule has 5 heteroatoms. The number of benzene rings is 2. The van der Waals surface area contributed by atoms with Crippen molar-refractivity contribution in [3.8, 4) is 0 Å². The first-order valence-corrected chi connectivity index (χ1v) is 7.58. The summed E-state index contributed by atoms with van der Waals surface area (Å²) in [4.78, 5) is 14.4. The number of urea groups is 1. The maximum absolute atomic E-state index is 12.6. The molecular formula is C17H17ClN2O2. The number of nitrogens with zero attached hydrogens (tertiary/aromatic N) is 1. The van der Waals surface area contributed by atoms with Crippen LogP contribution in [0, 0.1) is 0 Å². The molecule has 114 valence electrons. The number of hydrogen-bond donors (Lipinski definition) is 1. The summed E-state index contributed by atoms with van der Waals surface area (Å²) in [6.07, 6.45) is 0. The minimum absolute atomic E-state index is 0.0749. The molecule has 1 fully saturated rings. The predicted molar refractivity (Wildman–Crippen MR) is 87.2 cm³/mol. The van der Waals surface area contributed by atoms with Gasteiger partial charge in [0.2, 0.25) is 0 Å². The third-order valence-corrected chi connectivity index (χ3v) is 3.88. The molecule has 1 atom stereocenters. The van der Waals surface area contributed by atoms with Gasteiger partial charge in [-0.25, -0.2) is 4.79 Å². The molecule has 22 heavy (non-hydrogen) atoms. The average Bonchev–Trinajstić information content (AvgIpc) is 2.56. The predicted octanol–water partition coefficient (Wildman–Crippen LogP) is 3.95. The molecule has 0 spiro atoms. The lowest BCUT2D eigenvalue weighted by atomic mass is 10.1. The monoisotopic (exact) mass is 316 g/mol. The zero-order chi connectivity index (χ0) is 15.4. The number of rotatable bonds is 2. The lowest BCUT2D eigenvalue weighted by molar-refractivity contribution is 0.0148. The zero-order valence-corrected chi connectivity index (χ0v) is 12.8. The normalized spacial score (nSPS) is 18.0. The van der Waals surface area contributed by atoms with Crippen molar-refractivity contribution < 1.29 is 9.53 Å². The van der Waals surface area contributed by atoms with E-state index in [2.05, 4.69) is 5.32 Å². The van der Waals surface area contributed by atoms with Gasteiger partial charge in [0.15, 0.2) is 0 Å². The summed E-state index contributed by atoms with van der Waals surface area (Å²) in [6, 6.07) is 16.9. The Bertz CT molecular complexity index is 648. The van der Waals surface area contributed by atoms with E-state index < -0.39 is 0 Å². The molecule has 1 saturated heterocycles. The van der Waals surface area contributed by atoms with Gasteiger partial charge in [-0.3, -0.25) is 0 Å². The summed E-state index contributed by atoms with van der Waals surface area (Å²) < 4.78 is 5.54. The van der Waals surface area contributed by atoms with Crippen LogP contribution in [0.4, 0.5) is 10.5 Å². The van der Waals surface area contributed by atoms with Crippen molar-refractivity contribution >= 4 is 23.3 Å². The number of carbonyl (C=O) groups excluding carboxylic acids is 1. The van der Waals surface area contributed by atoms with Crippen molar-refractivity contribution in [1.29, 1.82) is 0 Å². The molecule has 1 N–H and O–H groups in total. The van der Waals surface area contributed by atoms with Crippen molar-refractivity contribution in [3.63, 3.8) is 0 Å². The van der Waals surface area contributed by atoms with Gasteiger partial charge in [-0.2, -0.15) is 0 Å². The Morgan fingerprint density at radius 2 is 2.00 bits per heavy atom. The topological polar surface area (TPSA) is 41.6 Å². The third-order valence-electron chi connectivity index (χ3n) is 3.65. The summed E-state index contributed by atoms with van der Waals surface area (Å²) in [5.74, 6) is 0. The summed E-state index contributed by atoms with van der Waals surface area (Å²) in [7, 11) is 0. The number of hydrogen-bond acceptors (Lipinski definition) is 2. The van der Waals surface area contributed by atoms with Gasteiger partial charge in [0, 0.05) is 17.3 Å². The maximum atomic E-state index is 12.6. The van der Waals surface area contributed by atoms with Crippen molar-refractivity contribution in [2.24, 2.45) is 0 Å². The molecule has 2 amide bonds. The number of anilines is 1. The van der Waals surface area contributed by atoms with Gasteiger partial charge in [-0.05, 0) is 23.8 Å². The van der Waals surface area contributed by atoms with Crippen LogP contribution in [-0.4, -0.2) is 30.7 Å². The SMILES string of the molecule is O=C(Nc1cccc(Cl)c1)N1CCOCC1c1ccccc1. The van der Waals surface area contributed by atoms with Crippen LogP contribution in [0.2, 0.25) is 5.02 Å². The van der Waals surface area contributed by atoms with E-state index in [4.69, 9.17) is 16.3 Å². The van der Waals surface area contributed by atoms with E-state index in [0.29, 0.717) is 30.5 Å². The highest BCUT2D eigenvalue weighted by Gasteiger charge is 2.28. The smallest absolute Gasteiger partial charge is 0.322 e. The molecule has 0 aliphatic carbocycles. The van der Waals surface area contributed by atoms with E-state index in [9.17, 15) is 4.79 Å². The molecule has 1 unspecified atom stereocenters. The quantitative estimate of drug-likeness (QED) is 0.911. The summed E-state index contributed by atoms with van der Waals surface area (Å²) in [5.41, 5.74) is 1.76. The lowest BCUT2D eigenvalue weighted by Gasteiger charge is -2.35. The van der Waals surface area contributed by atoms with E-state index in [1.165, 1.54) is 0 Å². The number of morpholine rings is 1. The van der Waals surface area contributed by atoms with Gasteiger partial charge < -0.3 is 15.0 Å². The van der Waals surface area contributed by atoms with Crippen molar-refractivity contribution in [2.75, 3.05) is 25.1 Å². The second-order valence-corrected chi connectivity index (χ2v) is 5.57. The molecule has 1 aliphatic rings. The number of ether oxygens (including phenoxy) is 1. The molecule has 0 bridgehead atoms. The van der Waals surface area contributed by atoms with Crippen LogP contribution < -0.4 is 5.32 Å². The second kappa shape index (κ2) is 6.81. The van der Waals surface area contributed by atoms with Gasteiger partial charge in [0.1, 0.15) is 0 Å². The molecular weight excluding hydrogens is 300 g/mol. The van der Waals surface area contributed by atoms with Crippen LogP contribution in [0.5, 0.6) is 0 Å². The molecule has 2 aromatic carbocycles. The minimum atomic E-state index is -0.139. The molecule has 0 radical (unpaired) electrons. The standard InChI is InChI=1S/C17H17ClN2O2/c18-14-7-4-8-15(11-14)19-17(21)20-9-10-22-12-16(20)13-5-2-1-3-6-13/h1-8,11,16H,9-10,12H2,(H,19,21). The summed E-state index contributed by atoms with van der Waals surface area (Å²) in [5, 5.41) is 3.50. The molecule has 1 aliphatic heterocycles. The van der Waals surface area contributed by atoms with Crippen LogP contribution in [0.15, 0.2) is 54.6 Å². The van der Waals surface area contributed by atoms with Crippen molar-refractivity contribution in [3.05, 3.63) is 65.2 Å². The summed E-state index contributed by atoms with van der Waals surface area (Å²) in [6.45, 7) is 1.62. The van der Waals surface area contributed by atoms with Gasteiger partial charge in [0.05, 0.1) is 19.3 Å². The number of amides is 2. The van der Waals surface area contributed by atoms with Gasteiger partial charge in [-0.1, -0.05) is 48.0 Å². The Hall–Kier alpha value is -2.04. The zero-order valence-electron chi connectivity index (χ0n) is 12.0. The van der Waals surface area contributed by atoms with Crippen molar-refractivity contribution in [2.45, 2.75) is 6.04 Å². The average molecular weight is 317 g/mol. The third kappa shape index (κ3) is 3.40. The molecule has 3 rings (SSSR count). The first-order chi connectivity index (χ1) is 10.7. The van der Waals surface area contributed by atoms with E-state index in [1.54, 1.807) is 17.0 Å². The van der Waals surface area contributed by atoms with E-state index in [1.807, 2.05) is 42.5 Å². The fourth-order valence-corrected chi connectivity index (χ4v) is 2.75. The highest BCUT2D eigenvalue weighted by atomic mass is 35.5. The Kier molecular flexibility index (Phi) is 4.61. The molecule has 0 saturated carbocycles. The van der Waals surface area contributed by atoms with E-state index in [-0.39, 0.29) is 12.1 Å². The Labute approximate surface area is 134 Å². The van der Waals surface area contributed by atoms with Crippen molar-refractivity contribution in [1.82, 2.24) is 4.90 Å². The molecule has 4 nitrogen and oxygen atoms in total. The largest absolute Gasteiger partial charge is 0.377 e. The lowest BCUT2D eigenvalue weighted by Crippen LogP contribution is -2.45. The van der Waals surface area contributed by atoms with Crippen LogP contribution in [0.25, 0.3) is 0 Å². The number of nitrogens with one attached hydrogen (secondary N) is 1. The van der Waals surface area contributed by atoms with Crippen LogP contribution in [-0.2, 0) is 4.74 Å². The fourth-order valence-electron chi connectivity index (χ4n) is 2.56. The molecule has 0 aromatic heterocycles. The second-order valence-electron chi connectivity index (χ2n) is 5.14. The first-order valence-electron chi connectivity index (χ1n) is 7.20. The summed E-state index contributed by atoms with van der Waals surface area (Å²) >= 11 is 5.95. The molecule has 2 aromatic rings. The molecule has 1 heterocycles. The van der Waals surface area contributed by atoms with Crippen LogP contribution >= 0.6 is 11.6 Å². The fraction of sp³-hybridized carbons (Fsp3) is 0.235. The Morgan fingerprint density at radius 1 is 1.18 bits per heavy atom. The van der Waals surface area contributed by atoms with Crippen LogP contribution in [0.1, 0.15) is 11.6 Å². The Balaban J connectivity index is 1.77. The van der Waals surface area contributed by atoms with E-state index in [0.717, 1.165) is 5.56 Å². The van der Waals surface area contributed by atoms with E-state index >= 15 is 0 Å². The van der Waals surface area contributed by atoms with Gasteiger partial charge in [0.25, 0.3) is 0 Å².